The molecule has 6 nitrogen and oxygen atoms in total. The van der Waals surface area contributed by atoms with Crippen molar-refractivity contribution < 1.29 is 14.4 Å². The molecule has 0 saturated heterocycles. The first-order valence-electron chi connectivity index (χ1n) is 7.51. The lowest BCUT2D eigenvalue weighted by Gasteiger charge is -2.15. The Labute approximate surface area is 129 Å². The number of carbonyl (C=O) groups is 3. The second-order valence-corrected chi connectivity index (χ2v) is 5.48. The Morgan fingerprint density at radius 3 is 2.77 bits per heavy atom. The van der Waals surface area contributed by atoms with Gasteiger partial charge < -0.3 is 16.0 Å². The number of amides is 3. The molecule has 1 aromatic carbocycles. The molecule has 3 amide bonds. The number of nitrogens with one attached hydrogen (secondary N) is 3. The van der Waals surface area contributed by atoms with Crippen molar-refractivity contribution in [2.75, 3.05) is 5.32 Å². The van der Waals surface area contributed by atoms with Crippen LogP contribution in [0.25, 0.3) is 0 Å². The second kappa shape index (κ2) is 7.06. The van der Waals surface area contributed by atoms with Crippen LogP contribution in [-0.2, 0) is 9.59 Å². The topological polar surface area (TPSA) is 87.3 Å². The Hall–Kier alpha value is -2.37. The normalized spacial score (nSPS) is 18.5. The van der Waals surface area contributed by atoms with E-state index in [1.807, 2.05) is 13.8 Å². The van der Waals surface area contributed by atoms with Crippen LogP contribution in [0.2, 0.25) is 0 Å². The number of carbonyl (C=O) groups excluding carboxylic acids is 3. The minimum Gasteiger partial charge on any atom is -0.354 e. The van der Waals surface area contributed by atoms with Gasteiger partial charge in [0.2, 0.25) is 11.8 Å². The summed E-state index contributed by atoms with van der Waals surface area (Å²) in [6, 6.07) is 6.24. The van der Waals surface area contributed by atoms with E-state index in [1.165, 1.54) is 0 Å². The van der Waals surface area contributed by atoms with E-state index in [1.54, 1.807) is 24.3 Å². The van der Waals surface area contributed by atoms with E-state index in [0.29, 0.717) is 11.3 Å². The van der Waals surface area contributed by atoms with Gasteiger partial charge in [-0.25, -0.2) is 0 Å². The fourth-order valence-corrected chi connectivity index (χ4v) is 2.24. The molecule has 0 aliphatic carbocycles. The maximum atomic E-state index is 12.2. The summed E-state index contributed by atoms with van der Waals surface area (Å²) in [4.78, 5) is 36.1. The Kier molecular flexibility index (Phi) is 5.14. The first-order chi connectivity index (χ1) is 10.5. The van der Waals surface area contributed by atoms with Crippen molar-refractivity contribution in [3.05, 3.63) is 29.8 Å². The van der Waals surface area contributed by atoms with Crippen LogP contribution in [0, 0.1) is 0 Å². The zero-order chi connectivity index (χ0) is 16.1. The molecule has 2 rings (SSSR count). The van der Waals surface area contributed by atoms with Crippen molar-refractivity contribution in [2.45, 2.75) is 45.2 Å². The van der Waals surface area contributed by atoms with Gasteiger partial charge in [-0.1, -0.05) is 19.1 Å². The molecule has 1 aromatic rings. The fourth-order valence-electron chi connectivity index (χ4n) is 2.24. The van der Waals surface area contributed by atoms with Gasteiger partial charge in [0, 0.05) is 12.5 Å². The summed E-state index contributed by atoms with van der Waals surface area (Å²) >= 11 is 0. The number of para-hydroxylation sites is 1. The van der Waals surface area contributed by atoms with Gasteiger partial charge >= 0.3 is 0 Å². The van der Waals surface area contributed by atoms with Crippen LogP contribution in [0.3, 0.4) is 0 Å². The lowest BCUT2D eigenvalue weighted by molar-refractivity contribution is -0.122. The summed E-state index contributed by atoms with van der Waals surface area (Å²) in [7, 11) is 0. The molecular formula is C16H21N3O3. The van der Waals surface area contributed by atoms with Gasteiger partial charge in [-0.15, -0.1) is 0 Å². The highest BCUT2D eigenvalue weighted by atomic mass is 16.2. The highest BCUT2D eigenvalue weighted by Crippen LogP contribution is 2.19. The Bertz CT molecular complexity index is 586. The van der Waals surface area contributed by atoms with Crippen molar-refractivity contribution >= 4 is 23.4 Å². The smallest absolute Gasteiger partial charge is 0.254 e. The third-order valence-corrected chi connectivity index (χ3v) is 3.73. The van der Waals surface area contributed by atoms with Gasteiger partial charge in [0.25, 0.3) is 5.91 Å². The standard InChI is InChI=1S/C16H21N3O3/c1-3-10(2)17-14(20)9-8-13-16(22)18-12-7-5-4-6-11(12)15(21)19-13/h4-7,10,13H,3,8-9H2,1-2H3,(H,17,20)(H,18,22)(H,19,21)/t10-,13+/m0/s1. The second-order valence-electron chi connectivity index (χ2n) is 5.48. The van der Waals surface area contributed by atoms with Crippen LogP contribution in [0.15, 0.2) is 24.3 Å². The number of hydrogen-bond acceptors (Lipinski definition) is 3. The van der Waals surface area contributed by atoms with Gasteiger partial charge in [0.15, 0.2) is 0 Å². The zero-order valence-corrected chi connectivity index (χ0v) is 12.8. The molecule has 6 heteroatoms. The van der Waals surface area contributed by atoms with Crippen LogP contribution in [-0.4, -0.2) is 29.8 Å². The van der Waals surface area contributed by atoms with E-state index in [4.69, 9.17) is 0 Å². The van der Waals surface area contributed by atoms with Crippen molar-refractivity contribution in [1.29, 1.82) is 0 Å². The monoisotopic (exact) mass is 303 g/mol. The van der Waals surface area contributed by atoms with E-state index in [0.717, 1.165) is 6.42 Å². The van der Waals surface area contributed by atoms with Gasteiger partial charge in [0.1, 0.15) is 6.04 Å². The Morgan fingerprint density at radius 2 is 2.05 bits per heavy atom. The fraction of sp³-hybridized carbons (Fsp3) is 0.438. The van der Waals surface area contributed by atoms with Crippen LogP contribution in [0.4, 0.5) is 5.69 Å². The van der Waals surface area contributed by atoms with Crippen molar-refractivity contribution in [3.63, 3.8) is 0 Å². The highest BCUT2D eigenvalue weighted by Gasteiger charge is 2.27. The minimum absolute atomic E-state index is 0.106. The molecule has 0 radical (unpaired) electrons. The van der Waals surface area contributed by atoms with E-state index in [2.05, 4.69) is 16.0 Å². The third kappa shape index (κ3) is 3.84. The Balaban J connectivity index is 1.98. The van der Waals surface area contributed by atoms with Crippen molar-refractivity contribution in [2.24, 2.45) is 0 Å². The van der Waals surface area contributed by atoms with Crippen LogP contribution >= 0.6 is 0 Å². The number of benzene rings is 1. The van der Waals surface area contributed by atoms with E-state index < -0.39 is 6.04 Å². The molecule has 1 heterocycles. The highest BCUT2D eigenvalue weighted by molar-refractivity contribution is 6.09. The average Bonchev–Trinajstić information content (AvgIpc) is 2.62. The van der Waals surface area contributed by atoms with E-state index in [-0.39, 0.29) is 36.6 Å². The van der Waals surface area contributed by atoms with Gasteiger partial charge in [-0.05, 0) is 31.9 Å². The molecule has 1 aliphatic rings. The molecule has 1 aliphatic heterocycles. The first kappa shape index (κ1) is 16.0. The predicted octanol–water partition coefficient (Wildman–Crippen LogP) is 1.43. The lowest BCUT2D eigenvalue weighted by atomic mass is 10.1. The number of hydrogen-bond donors (Lipinski definition) is 3. The molecule has 0 fully saturated rings. The van der Waals surface area contributed by atoms with Crippen molar-refractivity contribution in [1.82, 2.24) is 10.6 Å². The third-order valence-electron chi connectivity index (χ3n) is 3.73. The summed E-state index contributed by atoms with van der Waals surface area (Å²) in [5.41, 5.74) is 0.930. The van der Waals surface area contributed by atoms with Gasteiger partial charge in [-0.2, -0.15) is 0 Å². The Morgan fingerprint density at radius 1 is 1.32 bits per heavy atom. The van der Waals surface area contributed by atoms with Crippen LogP contribution < -0.4 is 16.0 Å². The first-order valence-corrected chi connectivity index (χ1v) is 7.51. The number of anilines is 1. The molecular weight excluding hydrogens is 282 g/mol. The predicted molar refractivity (Wildman–Crippen MR) is 83.5 cm³/mol. The molecule has 0 spiro atoms. The van der Waals surface area contributed by atoms with Gasteiger partial charge in [0.05, 0.1) is 11.3 Å². The SMILES string of the molecule is CC[C@H](C)NC(=O)CC[C@H]1NC(=O)c2ccccc2NC1=O. The average molecular weight is 303 g/mol. The van der Waals surface area contributed by atoms with Gasteiger partial charge in [-0.3, -0.25) is 14.4 Å². The molecule has 0 saturated carbocycles. The summed E-state index contributed by atoms with van der Waals surface area (Å²) in [6.07, 6.45) is 1.31. The van der Waals surface area contributed by atoms with Crippen molar-refractivity contribution in [3.8, 4) is 0 Å². The molecule has 22 heavy (non-hydrogen) atoms. The summed E-state index contributed by atoms with van der Waals surface area (Å²) < 4.78 is 0. The summed E-state index contributed by atoms with van der Waals surface area (Å²) in [6.45, 7) is 3.91. The molecule has 0 aromatic heterocycles. The number of fused-ring (bicyclic) bond motifs is 1. The molecule has 2 atom stereocenters. The molecule has 118 valence electrons. The van der Waals surface area contributed by atoms with Crippen LogP contribution in [0.5, 0.6) is 0 Å². The lowest BCUT2D eigenvalue weighted by Crippen LogP contribution is -2.42. The minimum atomic E-state index is -0.706. The maximum Gasteiger partial charge on any atom is 0.254 e. The summed E-state index contributed by atoms with van der Waals surface area (Å²) in [5, 5.41) is 8.25. The van der Waals surface area contributed by atoms with E-state index >= 15 is 0 Å². The number of rotatable bonds is 5. The quantitative estimate of drug-likeness (QED) is 0.769. The maximum absolute atomic E-state index is 12.2. The van der Waals surface area contributed by atoms with Crippen LogP contribution in [0.1, 0.15) is 43.5 Å². The molecule has 0 unspecified atom stereocenters. The molecule has 0 bridgehead atoms. The zero-order valence-electron chi connectivity index (χ0n) is 12.8. The molecule has 3 N–H and O–H groups in total. The largest absolute Gasteiger partial charge is 0.354 e. The van der Waals surface area contributed by atoms with E-state index in [9.17, 15) is 14.4 Å². The summed E-state index contributed by atoms with van der Waals surface area (Å²) in [5.74, 6) is -0.714.